The zero-order valence-corrected chi connectivity index (χ0v) is 16.5. The van der Waals surface area contributed by atoms with Crippen LogP contribution >= 0.6 is 11.3 Å². The number of hydrogen-bond acceptors (Lipinski definition) is 4. The zero-order valence-electron chi connectivity index (χ0n) is 15.7. The molecule has 1 saturated heterocycles. The molecule has 1 aliphatic heterocycles. The summed E-state index contributed by atoms with van der Waals surface area (Å²) in [6, 6.07) is 6.17. The summed E-state index contributed by atoms with van der Waals surface area (Å²) in [5, 5.41) is 3.29. The fourth-order valence-electron chi connectivity index (χ4n) is 2.96. The van der Waals surface area contributed by atoms with Crippen LogP contribution in [-0.4, -0.2) is 46.9 Å². The third-order valence-corrected chi connectivity index (χ3v) is 5.51. The van der Waals surface area contributed by atoms with Crippen molar-refractivity contribution in [2.45, 2.75) is 39.2 Å². The van der Waals surface area contributed by atoms with Gasteiger partial charge in [-0.05, 0) is 17.7 Å². The van der Waals surface area contributed by atoms with Crippen molar-refractivity contribution in [1.82, 2.24) is 14.8 Å². The Morgan fingerprint density at radius 1 is 1.15 bits per heavy atom. The van der Waals surface area contributed by atoms with Crippen LogP contribution in [0.2, 0.25) is 0 Å². The predicted octanol–water partition coefficient (Wildman–Crippen LogP) is 3.47. The lowest BCUT2D eigenvalue weighted by molar-refractivity contribution is -0.132. The van der Waals surface area contributed by atoms with Gasteiger partial charge in [0.15, 0.2) is 0 Å². The van der Waals surface area contributed by atoms with Gasteiger partial charge in [-0.15, -0.1) is 11.3 Å². The molecule has 0 spiro atoms. The van der Waals surface area contributed by atoms with E-state index in [4.69, 9.17) is 4.98 Å². The molecule has 2 aromatic rings. The first-order chi connectivity index (χ1) is 12.3. The normalized spacial score (nSPS) is 16.1. The molecule has 6 heteroatoms. The molecule has 0 radical (unpaired) electrons. The smallest absolute Gasteiger partial charge is 0.227 e. The first kappa shape index (κ1) is 19.0. The highest BCUT2D eigenvalue weighted by Gasteiger charge is 2.23. The minimum atomic E-state index is -0.272. The number of piperazine rings is 1. The summed E-state index contributed by atoms with van der Waals surface area (Å²) in [6.45, 7) is 10.6. The summed E-state index contributed by atoms with van der Waals surface area (Å²) in [6.07, 6.45) is 0.335. The Bertz CT molecular complexity index is 743. The van der Waals surface area contributed by atoms with Crippen molar-refractivity contribution in [1.29, 1.82) is 0 Å². The van der Waals surface area contributed by atoms with Crippen molar-refractivity contribution < 1.29 is 9.18 Å². The van der Waals surface area contributed by atoms with E-state index in [1.807, 2.05) is 4.90 Å². The number of rotatable bonds is 4. The molecule has 140 valence electrons. The average molecular weight is 376 g/mol. The maximum absolute atomic E-state index is 13.0. The van der Waals surface area contributed by atoms with Crippen LogP contribution in [0.15, 0.2) is 29.6 Å². The molecular formula is C20H26FN3OS. The molecule has 1 fully saturated rings. The Hall–Kier alpha value is -1.79. The largest absolute Gasteiger partial charge is 0.340 e. The van der Waals surface area contributed by atoms with Crippen molar-refractivity contribution in [3.8, 4) is 0 Å². The summed E-state index contributed by atoms with van der Waals surface area (Å²) in [5.41, 5.74) is 2.09. The van der Waals surface area contributed by atoms with Gasteiger partial charge in [0.1, 0.15) is 10.8 Å². The lowest BCUT2D eigenvalue weighted by atomic mass is 9.93. The summed E-state index contributed by atoms with van der Waals surface area (Å²) < 4.78 is 13.0. The molecule has 1 aromatic carbocycles. The van der Waals surface area contributed by atoms with Crippen LogP contribution in [0.25, 0.3) is 0 Å². The molecule has 0 unspecified atom stereocenters. The summed E-state index contributed by atoms with van der Waals surface area (Å²) in [4.78, 5) is 21.5. The molecule has 1 amide bonds. The fraction of sp³-hybridized carbons (Fsp3) is 0.500. The highest BCUT2D eigenvalue weighted by atomic mass is 32.1. The highest BCUT2D eigenvalue weighted by molar-refractivity contribution is 7.09. The number of amides is 1. The van der Waals surface area contributed by atoms with Crippen molar-refractivity contribution in [3.63, 3.8) is 0 Å². The van der Waals surface area contributed by atoms with Crippen LogP contribution in [0.4, 0.5) is 4.39 Å². The van der Waals surface area contributed by atoms with Gasteiger partial charge in [0.2, 0.25) is 5.91 Å². The molecule has 26 heavy (non-hydrogen) atoms. The number of halogens is 1. The molecular weight excluding hydrogens is 349 g/mol. The van der Waals surface area contributed by atoms with E-state index in [1.165, 1.54) is 12.1 Å². The fourth-order valence-corrected chi connectivity index (χ4v) is 4.03. The molecule has 3 rings (SSSR count). The van der Waals surface area contributed by atoms with Gasteiger partial charge in [0.25, 0.3) is 0 Å². The average Bonchev–Trinajstić information content (AvgIpc) is 3.06. The SMILES string of the molecule is CC(C)(C)c1csc(CN2CCN(C(=O)Cc3ccc(F)cc3)CC2)n1. The Labute approximate surface area is 158 Å². The Kier molecular flexibility index (Phi) is 5.73. The van der Waals surface area contributed by atoms with Crippen LogP contribution in [0.3, 0.4) is 0 Å². The van der Waals surface area contributed by atoms with E-state index in [2.05, 4.69) is 31.1 Å². The summed E-state index contributed by atoms with van der Waals surface area (Å²) in [5.74, 6) is -0.160. The van der Waals surface area contributed by atoms with Gasteiger partial charge in [-0.2, -0.15) is 0 Å². The van der Waals surface area contributed by atoms with E-state index in [-0.39, 0.29) is 17.1 Å². The van der Waals surface area contributed by atoms with Crippen molar-refractivity contribution >= 4 is 17.2 Å². The van der Waals surface area contributed by atoms with E-state index in [9.17, 15) is 9.18 Å². The third kappa shape index (κ3) is 4.89. The van der Waals surface area contributed by atoms with Gasteiger partial charge in [-0.3, -0.25) is 9.69 Å². The Morgan fingerprint density at radius 2 is 1.81 bits per heavy atom. The number of benzene rings is 1. The van der Waals surface area contributed by atoms with Gasteiger partial charge in [-0.25, -0.2) is 9.37 Å². The molecule has 0 atom stereocenters. The number of carbonyl (C=O) groups excluding carboxylic acids is 1. The van der Waals surface area contributed by atoms with E-state index in [0.29, 0.717) is 6.42 Å². The van der Waals surface area contributed by atoms with Crippen LogP contribution < -0.4 is 0 Å². The van der Waals surface area contributed by atoms with Gasteiger partial charge >= 0.3 is 0 Å². The Balaban J connectivity index is 1.48. The Morgan fingerprint density at radius 3 is 2.38 bits per heavy atom. The highest BCUT2D eigenvalue weighted by Crippen LogP contribution is 2.24. The van der Waals surface area contributed by atoms with Gasteiger partial charge in [0.05, 0.1) is 18.7 Å². The maximum Gasteiger partial charge on any atom is 0.227 e. The molecule has 4 nitrogen and oxygen atoms in total. The number of thiazole rings is 1. The molecule has 0 N–H and O–H groups in total. The van der Waals surface area contributed by atoms with Crippen LogP contribution in [0.1, 0.15) is 37.0 Å². The van der Waals surface area contributed by atoms with Crippen LogP contribution in [0, 0.1) is 5.82 Å². The lowest BCUT2D eigenvalue weighted by Crippen LogP contribution is -2.48. The minimum absolute atomic E-state index is 0.0836. The summed E-state index contributed by atoms with van der Waals surface area (Å²) in [7, 11) is 0. The van der Waals surface area contributed by atoms with E-state index >= 15 is 0 Å². The van der Waals surface area contributed by atoms with Crippen LogP contribution in [-0.2, 0) is 23.2 Å². The van der Waals surface area contributed by atoms with Gasteiger partial charge in [0, 0.05) is 37.0 Å². The quantitative estimate of drug-likeness (QED) is 0.821. The second-order valence-corrected chi connectivity index (χ2v) is 8.78. The van der Waals surface area contributed by atoms with Crippen LogP contribution in [0.5, 0.6) is 0 Å². The topological polar surface area (TPSA) is 36.4 Å². The number of nitrogens with zero attached hydrogens (tertiary/aromatic N) is 3. The predicted molar refractivity (Wildman–Crippen MR) is 103 cm³/mol. The second-order valence-electron chi connectivity index (χ2n) is 7.84. The number of aromatic nitrogens is 1. The minimum Gasteiger partial charge on any atom is -0.340 e. The monoisotopic (exact) mass is 375 g/mol. The summed E-state index contributed by atoms with van der Waals surface area (Å²) >= 11 is 1.72. The molecule has 0 saturated carbocycles. The second kappa shape index (κ2) is 7.84. The molecule has 1 aliphatic rings. The third-order valence-electron chi connectivity index (χ3n) is 4.67. The van der Waals surface area contributed by atoms with Crippen molar-refractivity contribution in [2.75, 3.05) is 26.2 Å². The van der Waals surface area contributed by atoms with E-state index in [1.54, 1.807) is 23.5 Å². The van der Waals surface area contributed by atoms with E-state index in [0.717, 1.165) is 49.0 Å². The molecule has 2 heterocycles. The molecule has 1 aromatic heterocycles. The number of hydrogen-bond donors (Lipinski definition) is 0. The first-order valence-electron chi connectivity index (χ1n) is 9.01. The van der Waals surface area contributed by atoms with Gasteiger partial charge in [-0.1, -0.05) is 32.9 Å². The molecule has 0 aliphatic carbocycles. The maximum atomic E-state index is 13.0. The number of carbonyl (C=O) groups is 1. The lowest BCUT2D eigenvalue weighted by Gasteiger charge is -2.34. The zero-order chi connectivity index (χ0) is 18.7. The van der Waals surface area contributed by atoms with Gasteiger partial charge < -0.3 is 4.90 Å². The van der Waals surface area contributed by atoms with Crippen molar-refractivity contribution in [3.05, 3.63) is 51.7 Å². The molecule has 0 bridgehead atoms. The first-order valence-corrected chi connectivity index (χ1v) is 9.89. The van der Waals surface area contributed by atoms with E-state index < -0.39 is 0 Å². The standard InChI is InChI=1S/C20H26FN3OS/c1-20(2,3)17-14-26-18(22-17)13-23-8-10-24(11-9-23)19(25)12-15-4-6-16(21)7-5-15/h4-7,14H,8-13H2,1-3H3. The van der Waals surface area contributed by atoms with Crippen molar-refractivity contribution in [2.24, 2.45) is 0 Å².